The Hall–Kier alpha value is -0.850. The maximum atomic E-state index is 5.49. The van der Waals surface area contributed by atoms with Crippen molar-refractivity contribution in [3.05, 3.63) is 0 Å². The zero-order chi connectivity index (χ0) is 18.2. The van der Waals surface area contributed by atoms with Crippen molar-refractivity contribution >= 4 is 5.96 Å². The van der Waals surface area contributed by atoms with Gasteiger partial charge in [-0.15, -0.1) is 0 Å². The molecule has 0 aromatic carbocycles. The first-order chi connectivity index (χ1) is 12.8. The van der Waals surface area contributed by atoms with Crippen molar-refractivity contribution in [3.63, 3.8) is 0 Å². The van der Waals surface area contributed by atoms with Crippen LogP contribution in [0, 0.1) is 0 Å². The Balaban J connectivity index is 1.32. The molecule has 0 aromatic heterocycles. The van der Waals surface area contributed by atoms with Crippen LogP contribution in [0.2, 0.25) is 0 Å². The summed E-state index contributed by atoms with van der Waals surface area (Å²) in [6.45, 7) is 12.1. The highest BCUT2D eigenvalue weighted by molar-refractivity contribution is 5.80. The maximum Gasteiger partial charge on any atom is 0.193 e. The number of piperidine rings is 1. The molecule has 26 heavy (non-hydrogen) atoms. The second kappa shape index (κ2) is 10.5. The molecule has 3 rings (SSSR count). The molecule has 0 radical (unpaired) electrons. The van der Waals surface area contributed by atoms with Crippen LogP contribution in [0.4, 0.5) is 0 Å². The van der Waals surface area contributed by atoms with Crippen molar-refractivity contribution in [1.82, 2.24) is 20.0 Å². The molecule has 3 fully saturated rings. The third-order valence-electron chi connectivity index (χ3n) is 6.33. The number of ether oxygens (including phenoxy) is 1. The summed E-state index contributed by atoms with van der Waals surface area (Å²) in [6.07, 6.45) is 7.93. The summed E-state index contributed by atoms with van der Waals surface area (Å²) in [5.74, 6) is 1.09. The number of nitrogens with one attached hydrogen (secondary N) is 1. The number of unbranched alkanes of at least 4 members (excludes halogenated alkanes) is 1. The zero-order valence-corrected chi connectivity index (χ0v) is 17.0. The standard InChI is InChI=1S/C20H39N5O/c1-18-7-3-5-10-23(18)11-6-4-9-22-20(21-2)25-12-8-19(17-25)24-13-15-26-16-14-24/h18-19H,3-17H2,1-2H3,(H,21,22). The van der Waals surface area contributed by atoms with Gasteiger partial charge in [0.1, 0.15) is 0 Å². The molecule has 0 spiro atoms. The van der Waals surface area contributed by atoms with Gasteiger partial charge in [0.25, 0.3) is 0 Å². The van der Waals surface area contributed by atoms with Crippen molar-refractivity contribution in [3.8, 4) is 0 Å². The predicted octanol–water partition coefficient (Wildman–Crippen LogP) is 1.62. The van der Waals surface area contributed by atoms with Crippen molar-refractivity contribution < 1.29 is 4.74 Å². The minimum Gasteiger partial charge on any atom is -0.379 e. The minimum absolute atomic E-state index is 0.665. The Bertz CT molecular complexity index is 438. The molecular formula is C20H39N5O. The fourth-order valence-corrected chi connectivity index (χ4v) is 4.64. The molecule has 6 nitrogen and oxygen atoms in total. The monoisotopic (exact) mass is 365 g/mol. The highest BCUT2D eigenvalue weighted by Gasteiger charge is 2.30. The smallest absolute Gasteiger partial charge is 0.193 e. The van der Waals surface area contributed by atoms with E-state index in [4.69, 9.17) is 4.74 Å². The van der Waals surface area contributed by atoms with E-state index in [0.717, 1.165) is 57.9 Å². The van der Waals surface area contributed by atoms with Crippen LogP contribution in [0.3, 0.4) is 0 Å². The number of guanidine groups is 1. The van der Waals surface area contributed by atoms with Crippen LogP contribution in [-0.2, 0) is 4.74 Å². The predicted molar refractivity (Wildman–Crippen MR) is 108 cm³/mol. The van der Waals surface area contributed by atoms with E-state index >= 15 is 0 Å². The Kier molecular flexibility index (Phi) is 8.02. The number of likely N-dealkylation sites (tertiary alicyclic amines) is 2. The van der Waals surface area contributed by atoms with Crippen molar-refractivity contribution in [2.45, 2.75) is 57.5 Å². The van der Waals surface area contributed by atoms with E-state index in [0.29, 0.717) is 6.04 Å². The highest BCUT2D eigenvalue weighted by Crippen LogP contribution is 2.18. The highest BCUT2D eigenvalue weighted by atomic mass is 16.5. The van der Waals surface area contributed by atoms with Gasteiger partial charge in [-0.2, -0.15) is 0 Å². The summed E-state index contributed by atoms with van der Waals surface area (Å²) in [5.41, 5.74) is 0. The molecule has 0 aliphatic carbocycles. The SMILES string of the molecule is CN=C(NCCCCN1CCCCC1C)N1CCC(N2CCOCC2)C1. The lowest BCUT2D eigenvalue weighted by Crippen LogP contribution is -2.46. The van der Waals surface area contributed by atoms with Crippen LogP contribution >= 0.6 is 0 Å². The first kappa shape index (κ1) is 19.9. The van der Waals surface area contributed by atoms with Gasteiger partial charge < -0.3 is 19.9 Å². The van der Waals surface area contributed by atoms with Gasteiger partial charge >= 0.3 is 0 Å². The maximum absolute atomic E-state index is 5.49. The van der Waals surface area contributed by atoms with E-state index in [1.807, 2.05) is 7.05 Å². The lowest BCUT2D eigenvalue weighted by Gasteiger charge is -2.33. The van der Waals surface area contributed by atoms with E-state index in [-0.39, 0.29) is 0 Å². The molecule has 0 saturated carbocycles. The number of morpholine rings is 1. The molecule has 3 saturated heterocycles. The average molecular weight is 366 g/mol. The van der Waals surface area contributed by atoms with Gasteiger partial charge in [0.2, 0.25) is 0 Å². The number of hydrogen-bond acceptors (Lipinski definition) is 4. The van der Waals surface area contributed by atoms with E-state index in [2.05, 4.69) is 31.9 Å². The van der Waals surface area contributed by atoms with E-state index in [9.17, 15) is 0 Å². The Morgan fingerprint density at radius 3 is 2.69 bits per heavy atom. The number of hydrogen-bond donors (Lipinski definition) is 1. The van der Waals surface area contributed by atoms with Gasteiger partial charge in [-0.1, -0.05) is 6.42 Å². The summed E-state index contributed by atoms with van der Waals surface area (Å²) in [4.78, 5) is 12.2. The molecule has 0 aromatic rings. The summed E-state index contributed by atoms with van der Waals surface area (Å²) in [6, 6.07) is 1.45. The molecule has 2 atom stereocenters. The molecule has 6 heteroatoms. The first-order valence-electron chi connectivity index (χ1n) is 10.8. The van der Waals surface area contributed by atoms with Crippen LogP contribution in [0.25, 0.3) is 0 Å². The third kappa shape index (κ3) is 5.57. The fraction of sp³-hybridized carbons (Fsp3) is 0.950. The summed E-state index contributed by atoms with van der Waals surface area (Å²) in [7, 11) is 1.92. The molecule has 2 unspecified atom stereocenters. The van der Waals surface area contributed by atoms with E-state index in [1.54, 1.807) is 0 Å². The van der Waals surface area contributed by atoms with Crippen LogP contribution in [-0.4, -0.2) is 98.8 Å². The van der Waals surface area contributed by atoms with Gasteiger partial charge in [-0.3, -0.25) is 9.89 Å². The number of nitrogens with zero attached hydrogens (tertiary/aromatic N) is 4. The van der Waals surface area contributed by atoms with Crippen molar-refractivity contribution in [2.24, 2.45) is 4.99 Å². The second-order valence-electron chi connectivity index (χ2n) is 8.10. The molecule has 1 N–H and O–H groups in total. The molecule has 0 bridgehead atoms. The van der Waals surface area contributed by atoms with Crippen molar-refractivity contribution in [2.75, 3.05) is 66.1 Å². The summed E-state index contributed by atoms with van der Waals surface area (Å²) in [5, 5.41) is 3.60. The van der Waals surface area contributed by atoms with Gasteiger partial charge in [-0.05, 0) is 52.1 Å². The Morgan fingerprint density at radius 1 is 1.08 bits per heavy atom. The Labute approximate surface area is 159 Å². The molecular weight excluding hydrogens is 326 g/mol. The zero-order valence-electron chi connectivity index (χ0n) is 17.0. The molecule has 3 aliphatic rings. The van der Waals surface area contributed by atoms with E-state index < -0.39 is 0 Å². The van der Waals surface area contributed by atoms with Crippen LogP contribution in [0.15, 0.2) is 4.99 Å². The minimum atomic E-state index is 0.665. The van der Waals surface area contributed by atoms with Gasteiger partial charge in [0, 0.05) is 51.9 Å². The molecule has 0 amide bonds. The molecule has 3 aliphatic heterocycles. The normalized spacial score (nSPS) is 29.3. The lowest BCUT2D eigenvalue weighted by molar-refractivity contribution is 0.0195. The first-order valence-corrected chi connectivity index (χ1v) is 10.8. The number of aliphatic imine (C=N–C) groups is 1. The van der Waals surface area contributed by atoms with Gasteiger partial charge in [-0.25, -0.2) is 0 Å². The fourth-order valence-electron chi connectivity index (χ4n) is 4.64. The quantitative estimate of drug-likeness (QED) is 0.440. The summed E-state index contributed by atoms with van der Waals surface area (Å²) < 4.78 is 5.49. The molecule has 150 valence electrons. The second-order valence-corrected chi connectivity index (χ2v) is 8.10. The van der Waals surface area contributed by atoms with Crippen LogP contribution in [0.1, 0.15) is 45.4 Å². The van der Waals surface area contributed by atoms with Gasteiger partial charge in [0.15, 0.2) is 5.96 Å². The Morgan fingerprint density at radius 2 is 1.92 bits per heavy atom. The molecule has 3 heterocycles. The topological polar surface area (TPSA) is 43.3 Å². The van der Waals surface area contributed by atoms with Crippen LogP contribution < -0.4 is 5.32 Å². The lowest BCUT2D eigenvalue weighted by atomic mass is 10.0. The average Bonchev–Trinajstić information content (AvgIpc) is 3.17. The third-order valence-corrected chi connectivity index (χ3v) is 6.33. The summed E-state index contributed by atoms with van der Waals surface area (Å²) >= 11 is 0. The van der Waals surface area contributed by atoms with Gasteiger partial charge in [0.05, 0.1) is 13.2 Å². The number of rotatable bonds is 6. The largest absolute Gasteiger partial charge is 0.379 e. The van der Waals surface area contributed by atoms with Crippen molar-refractivity contribution in [1.29, 1.82) is 0 Å². The van der Waals surface area contributed by atoms with Crippen LogP contribution in [0.5, 0.6) is 0 Å². The van der Waals surface area contributed by atoms with E-state index in [1.165, 1.54) is 51.6 Å².